The number of carbonyl (C=O) groups is 1. The first-order chi connectivity index (χ1) is 13.3. The average molecular weight is 408 g/mol. The zero-order valence-corrected chi connectivity index (χ0v) is 17.0. The quantitative estimate of drug-likeness (QED) is 0.771. The molecule has 0 aliphatic carbocycles. The summed E-state index contributed by atoms with van der Waals surface area (Å²) in [6.07, 6.45) is 0. The summed E-state index contributed by atoms with van der Waals surface area (Å²) in [6, 6.07) is 6.34. The van der Waals surface area contributed by atoms with Gasteiger partial charge in [-0.3, -0.25) is 9.69 Å². The Bertz CT molecular complexity index is 949. The van der Waals surface area contributed by atoms with Gasteiger partial charge in [-0.15, -0.1) is 0 Å². The summed E-state index contributed by atoms with van der Waals surface area (Å²) in [4.78, 5) is 13.6. The van der Waals surface area contributed by atoms with Crippen molar-refractivity contribution in [2.24, 2.45) is 0 Å². The van der Waals surface area contributed by atoms with E-state index in [0.29, 0.717) is 44.2 Å². The summed E-state index contributed by atoms with van der Waals surface area (Å²) < 4.78 is 37.8. The van der Waals surface area contributed by atoms with Crippen molar-refractivity contribution in [3.8, 4) is 5.75 Å². The highest BCUT2D eigenvalue weighted by Gasteiger charge is 2.29. The Morgan fingerprint density at radius 3 is 2.54 bits per heavy atom. The van der Waals surface area contributed by atoms with Crippen molar-refractivity contribution in [1.82, 2.24) is 14.4 Å². The minimum atomic E-state index is -3.67. The lowest BCUT2D eigenvalue weighted by atomic mass is 10.3. The van der Waals surface area contributed by atoms with Gasteiger partial charge in [0.1, 0.15) is 11.5 Å². The van der Waals surface area contributed by atoms with Crippen LogP contribution in [0.3, 0.4) is 0 Å². The topological polar surface area (TPSA) is 105 Å². The predicted molar refractivity (Wildman–Crippen MR) is 103 cm³/mol. The molecule has 1 fully saturated rings. The van der Waals surface area contributed by atoms with E-state index in [9.17, 15) is 13.2 Å². The summed E-state index contributed by atoms with van der Waals surface area (Å²) in [6.45, 7) is 5.77. The molecule has 28 heavy (non-hydrogen) atoms. The molecule has 2 heterocycles. The second kappa shape index (κ2) is 8.29. The van der Waals surface area contributed by atoms with Gasteiger partial charge in [0.05, 0.1) is 23.4 Å². The number of benzene rings is 1. The fourth-order valence-corrected chi connectivity index (χ4v) is 4.58. The summed E-state index contributed by atoms with van der Waals surface area (Å²) in [5.41, 5.74) is 1.17. The molecule has 3 rings (SSSR count). The van der Waals surface area contributed by atoms with Gasteiger partial charge in [0.25, 0.3) is 0 Å². The molecule has 0 spiro atoms. The van der Waals surface area contributed by atoms with E-state index < -0.39 is 10.0 Å². The number of anilines is 1. The largest absolute Gasteiger partial charge is 0.495 e. The van der Waals surface area contributed by atoms with E-state index >= 15 is 0 Å². The fourth-order valence-electron chi connectivity index (χ4n) is 3.13. The summed E-state index contributed by atoms with van der Waals surface area (Å²) in [7, 11) is -2.21. The molecule has 0 unspecified atom stereocenters. The lowest BCUT2D eigenvalue weighted by Gasteiger charge is -2.33. The van der Waals surface area contributed by atoms with Crippen LogP contribution in [0.1, 0.15) is 18.4 Å². The molecular weight excluding hydrogens is 384 g/mol. The van der Waals surface area contributed by atoms with Crippen LogP contribution in [-0.4, -0.2) is 62.0 Å². The lowest BCUT2D eigenvalue weighted by Crippen LogP contribution is -2.48. The SMILES string of the molecule is COc1ccc(S(=O)(=O)N2CCN(Cc3cc(C)on3)CC2)cc1NC(C)=O. The number of amides is 1. The summed E-state index contributed by atoms with van der Waals surface area (Å²) >= 11 is 0. The second-order valence-electron chi connectivity index (χ2n) is 6.65. The second-order valence-corrected chi connectivity index (χ2v) is 8.59. The number of methoxy groups -OCH3 is 1. The molecule has 0 atom stereocenters. The van der Waals surface area contributed by atoms with Gasteiger partial charge in [-0.05, 0) is 25.1 Å². The number of rotatable bonds is 6. The molecular formula is C18H24N4O5S. The zero-order valence-electron chi connectivity index (χ0n) is 16.1. The maximum absolute atomic E-state index is 13.0. The number of aryl methyl sites for hydroxylation is 1. The smallest absolute Gasteiger partial charge is 0.243 e. The van der Waals surface area contributed by atoms with Crippen LogP contribution in [0.5, 0.6) is 5.75 Å². The molecule has 0 saturated carbocycles. The van der Waals surface area contributed by atoms with Crippen LogP contribution in [0.2, 0.25) is 0 Å². The monoisotopic (exact) mass is 408 g/mol. The number of nitrogens with zero attached hydrogens (tertiary/aromatic N) is 3. The lowest BCUT2D eigenvalue weighted by molar-refractivity contribution is -0.114. The Morgan fingerprint density at radius 1 is 1.25 bits per heavy atom. The maximum Gasteiger partial charge on any atom is 0.243 e. The van der Waals surface area contributed by atoms with E-state index in [1.165, 1.54) is 30.5 Å². The van der Waals surface area contributed by atoms with E-state index in [1.54, 1.807) is 6.07 Å². The highest BCUT2D eigenvalue weighted by molar-refractivity contribution is 7.89. The van der Waals surface area contributed by atoms with Crippen molar-refractivity contribution in [2.45, 2.75) is 25.3 Å². The third-order valence-electron chi connectivity index (χ3n) is 4.51. The number of nitrogens with one attached hydrogen (secondary N) is 1. The minimum Gasteiger partial charge on any atom is -0.495 e. The first kappa shape index (κ1) is 20.3. The Balaban J connectivity index is 1.70. The highest BCUT2D eigenvalue weighted by atomic mass is 32.2. The molecule has 0 radical (unpaired) electrons. The van der Waals surface area contributed by atoms with Crippen molar-refractivity contribution in [2.75, 3.05) is 38.6 Å². The Labute approximate surface area is 164 Å². The van der Waals surface area contributed by atoms with Crippen LogP contribution >= 0.6 is 0 Å². The van der Waals surface area contributed by atoms with Gasteiger partial charge in [-0.1, -0.05) is 5.16 Å². The van der Waals surface area contributed by atoms with E-state index in [0.717, 1.165) is 11.5 Å². The highest BCUT2D eigenvalue weighted by Crippen LogP contribution is 2.29. The number of sulfonamides is 1. The maximum atomic E-state index is 13.0. The molecule has 1 aromatic heterocycles. The Morgan fingerprint density at radius 2 is 1.96 bits per heavy atom. The molecule has 9 nitrogen and oxygen atoms in total. The van der Waals surface area contributed by atoms with E-state index in [2.05, 4.69) is 15.4 Å². The molecule has 1 aromatic carbocycles. The predicted octanol–water partition coefficient (Wildman–Crippen LogP) is 1.46. The molecule has 10 heteroatoms. The van der Waals surface area contributed by atoms with Crippen LogP contribution in [0.15, 0.2) is 33.7 Å². The first-order valence-electron chi connectivity index (χ1n) is 8.90. The normalized spacial score (nSPS) is 16.1. The molecule has 1 amide bonds. The standard InChI is InChI=1S/C18H24N4O5S/c1-13-10-15(20-27-13)12-21-6-8-22(9-7-21)28(24,25)16-4-5-18(26-3)17(11-16)19-14(2)23/h4-5,10-11H,6-9,12H2,1-3H3,(H,19,23). The van der Waals surface area contributed by atoms with Crippen LogP contribution in [0.25, 0.3) is 0 Å². The number of ether oxygens (including phenoxy) is 1. The minimum absolute atomic E-state index is 0.123. The third kappa shape index (κ3) is 4.51. The Kier molecular flexibility index (Phi) is 6.01. The molecule has 1 N–H and O–H groups in total. The number of hydrogen-bond acceptors (Lipinski definition) is 7. The van der Waals surface area contributed by atoms with Crippen molar-refractivity contribution < 1.29 is 22.5 Å². The first-order valence-corrected chi connectivity index (χ1v) is 10.3. The van der Waals surface area contributed by atoms with Crippen LogP contribution in [0.4, 0.5) is 5.69 Å². The number of carbonyl (C=O) groups excluding carboxylic acids is 1. The van der Waals surface area contributed by atoms with Crippen molar-refractivity contribution in [3.63, 3.8) is 0 Å². The van der Waals surface area contributed by atoms with Crippen LogP contribution in [0, 0.1) is 6.92 Å². The van der Waals surface area contributed by atoms with Gasteiger partial charge in [-0.25, -0.2) is 8.42 Å². The number of hydrogen-bond donors (Lipinski definition) is 1. The number of piperazine rings is 1. The fraction of sp³-hybridized carbons (Fsp3) is 0.444. The van der Waals surface area contributed by atoms with Gasteiger partial charge in [0, 0.05) is 45.7 Å². The summed E-state index contributed by atoms with van der Waals surface area (Å²) in [5.74, 6) is 0.858. The zero-order chi connectivity index (χ0) is 20.3. The van der Waals surface area contributed by atoms with Gasteiger partial charge in [0.15, 0.2) is 0 Å². The summed E-state index contributed by atoms with van der Waals surface area (Å²) in [5, 5.41) is 6.59. The van der Waals surface area contributed by atoms with Crippen LogP contribution in [-0.2, 0) is 21.4 Å². The van der Waals surface area contributed by atoms with Crippen molar-refractivity contribution >= 4 is 21.6 Å². The van der Waals surface area contributed by atoms with Gasteiger partial charge in [-0.2, -0.15) is 4.31 Å². The third-order valence-corrected chi connectivity index (χ3v) is 6.41. The molecule has 1 saturated heterocycles. The Hall–Kier alpha value is -2.43. The van der Waals surface area contributed by atoms with Crippen LogP contribution < -0.4 is 10.1 Å². The molecule has 1 aliphatic heterocycles. The molecule has 1 aliphatic rings. The van der Waals surface area contributed by atoms with E-state index in [1.807, 2.05) is 13.0 Å². The molecule has 0 bridgehead atoms. The van der Waals surface area contributed by atoms with Crippen molar-refractivity contribution in [3.05, 3.63) is 35.7 Å². The molecule has 2 aromatic rings. The van der Waals surface area contributed by atoms with E-state index in [-0.39, 0.29) is 10.8 Å². The van der Waals surface area contributed by atoms with Crippen molar-refractivity contribution in [1.29, 1.82) is 0 Å². The van der Waals surface area contributed by atoms with Gasteiger partial charge < -0.3 is 14.6 Å². The van der Waals surface area contributed by atoms with E-state index in [4.69, 9.17) is 9.26 Å². The van der Waals surface area contributed by atoms with Gasteiger partial charge in [0.2, 0.25) is 15.9 Å². The number of aromatic nitrogens is 1. The average Bonchev–Trinajstić information content (AvgIpc) is 3.06. The van der Waals surface area contributed by atoms with Gasteiger partial charge >= 0.3 is 0 Å². The molecule has 152 valence electrons.